The first-order valence-corrected chi connectivity index (χ1v) is 11.3. The smallest absolute Gasteiger partial charge is 0.269 e. The van der Waals surface area contributed by atoms with Crippen LogP contribution >= 0.6 is 11.6 Å². The van der Waals surface area contributed by atoms with Crippen LogP contribution in [0.3, 0.4) is 0 Å². The predicted octanol–water partition coefficient (Wildman–Crippen LogP) is 1.76. The van der Waals surface area contributed by atoms with Crippen molar-refractivity contribution >= 4 is 40.4 Å². The van der Waals surface area contributed by atoms with E-state index in [1.165, 1.54) is 43.1 Å². The van der Waals surface area contributed by atoms with Gasteiger partial charge in [-0.05, 0) is 25.1 Å². The van der Waals surface area contributed by atoms with E-state index in [0.717, 1.165) is 4.90 Å². The molecule has 36 heavy (non-hydrogen) atoms. The number of methoxy groups -OCH3 is 1. The molecule has 0 radical (unpaired) electrons. The van der Waals surface area contributed by atoms with E-state index in [4.69, 9.17) is 22.1 Å². The highest BCUT2D eigenvalue weighted by atomic mass is 35.5. The second-order valence-electron chi connectivity index (χ2n) is 8.33. The zero-order valence-corrected chi connectivity index (χ0v) is 20.1. The number of primary amides is 1. The Kier molecular flexibility index (Phi) is 7.18. The molecule has 0 aliphatic carbocycles. The number of aromatic nitrogens is 3. The summed E-state index contributed by atoms with van der Waals surface area (Å²) >= 11 is 5.84. The average Bonchev–Trinajstić information content (AvgIpc) is 3.38. The molecule has 0 spiro atoms. The molecule has 1 aliphatic heterocycles. The molecule has 0 bridgehead atoms. The van der Waals surface area contributed by atoms with Crippen molar-refractivity contribution in [3.05, 3.63) is 58.6 Å². The van der Waals surface area contributed by atoms with E-state index in [0.29, 0.717) is 5.39 Å². The molecule has 4 atom stereocenters. The van der Waals surface area contributed by atoms with Crippen molar-refractivity contribution in [1.82, 2.24) is 25.0 Å². The van der Waals surface area contributed by atoms with Gasteiger partial charge in [-0.3, -0.25) is 14.4 Å². The molecule has 1 aliphatic rings. The Bertz CT molecular complexity index is 1340. The van der Waals surface area contributed by atoms with Gasteiger partial charge in [0.1, 0.15) is 30.7 Å². The Labute approximate surface area is 209 Å². The van der Waals surface area contributed by atoms with Crippen molar-refractivity contribution in [2.45, 2.75) is 37.8 Å². The van der Waals surface area contributed by atoms with Crippen molar-refractivity contribution < 1.29 is 27.9 Å². The lowest BCUT2D eigenvalue weighted by molar-refractivity contribution is -0.142. The molecule has 190 valence electrons. The molecule has 10 nitrogen and oxygen atoms in total. The van der Waals surface area contributed by atoms with E-state index >= 15 is 0 Å². The minimum Gasteiger partial charge on any atom is -0.376 e. The van der Waals surface area contributed by atoms with Crippen LogP contribution in [0.2, 0.25) is 5.02 Å². The molecule has 0 saturated carbocycles. The molecule has 1 saturated heterocycles. The molecular formula is C23H23ClF2N6O4. The van der Waals surface area contributed by atoms with E-state index in [2.05, 4.69) is 15.4 Å². The third-order valence-corrected chi connectivity index (χ3v) is 6.36. The van der Waals surface area contributed by atoms with E-state index in [9.17, 15) is 23.2 Å². The number of ether oxygens (including phenoxy) is 1. The summed E-state index contributed by atoms with van der Waals surface area (Å²) in [6.45, 7) is 0.687. The van der Waals surface area contributed by atoms with Gasteiger partial charge in [-0.25, -0.2) is 18.4 Å². The van der Waals surface area contributed by atoms with Crippen molar-refractivity contribution in [1.29, 1.82) is 0 Å². The maximum atomic E-state index is 14.8. The second kappa shape index (κ2) is 10.2. The van der Waals surface area contributed by atoms with E-state index < -0.39 is 61.0 Å². The summed E-state index contributed by atoms with van der Waals surface area (Å²) < 4.78 is 35.6. The molecule has 3 amide bonds. The topological polar surface area (TPSA) is 132 Å². The number of nitrogens with zero attached hydrogens (tertiary/aromatic N) is 4. The summed E-state index contributed by atoms with van der Waals surface area (Å²) in [6.07, 6.45) is -1.45. The summed E-state index contributed by atoms with van der Waals surface area (Å²) in [5, 5.41) is 6.94. The van der Waals surface area contributed by atoms with Crippen molar-refractivity contribution in [2.24, 2.45) is 5.73 Å². The van der Waals surface area contributed by atoms with Crippen LogP contribution in [0.15, 0.2) is 36.5 Å². The molecule has 3 N–H and O–H groups in total. The van der Waals surface area contributed by atoms with Crippen LogP contribution in [0.4, 0.5) is 8.78 Å². The van der Waals surface area contributed by atoms with Gasteiger partial charge < -0.3 is 20.7 Å². The largest absolute Gasteiger partial charge is 0.376 e. The fourth-order valence-electron chi connectivity index (χ4n) is 4.36. The lowest BCUT2D eigenvalue weighted by atomic mass is 10.1. The minimum atomic E-state index is -1.65. The third kappa shape index (κ3) is 4.61. The molecule has 1 fully saturated rings. The fraction of sp³-hybridized carbons (Fsp3) is 0.348. The first-order chi connectivity index (χ1) is 17.1. The number of likely N-dealkylation sites (tertiary alicyclic amines) is 1. The second-order valence-corrected chi connectivity index (χ2v) is 8.73. The first-order valence-electron chi connectivity index (χ1n) is 11.0. The normalized spacial score (nSPS) is 20.5. The number of alkyl halides is 1. The maximum Gasteiger partial charge on any atom is 0.269 e. The molecule has 1 aromatic carbocycles. The molecular weight excluding hydrogens is 498 g/mol. The molecule has 3 aromatic rings. The van der Waals surface area contributed by atoms with Crippen LogP contribution in [0, 0.1) is 5.82 Å². The van der Waals surface area contributed by atoms with Crippen LogP contribution in [0.1, 0.15) is 29.0 Å². The SMILES string of the molecule is CO[C@H]1[C@@H](C(=O)N[C@H](C)c2cccc(Cl)c2F)N(C(=O)Cn2nc(C(N)=O)c3cccnc32)C[C@@H]1F. The Hall–Kier alpha value is -3.64. The van der Waals surface area contributed by atoms with Crippen LogP contribution in [-0.4, -0.2) is 69.4 Å². The Morgan fingerprint density at radius 1 is 1.31 bits per heavy atom. The number of carbonyl (C=O) groups is 3. The minimum absolute atomic E-state index is 0.0721. The van der Waals surface area contributed by atoms with Crippen molar-refractivity contribution in [3.63, 3.8) is 0 Å². The number of nitrogens with two attached hydrogens (primary N) is 1. The summed E-state index contributed by atoms with van der Waals surface area (Å²) in [4.78, 5) is 43.4. The fourth-order valence-corrected chi connectivity index (χ4v) is 4.54. The van der Waals surface area contributed by atoms with Gasteiger partial charge >= 0.3 is 0 Å². The number of fused-ring (bicyclic) bond motifs is 1. The van der Waals surface area contributed by atoms with Crippen LogP contribution in [0.5, 0.6) is 0 Å². The summed E-state index contributed by atoms with van der Waals surface area (Å²) in [6, 6.07) is 5.36. The zero-order valence-electron chi connectivity index (χ0n) is 19.3. The summed E-state index contributed by atoms with van der Waals surface area (Å²) in [7, 11) is 1.23. The lowest BCUT2D eigenvalue weighted by Crippen LogP contribution is -2.52. The number of nitrogens with one attached hydrogen (secondary N) is 1. The number of amides is 3. The van der Waals surface area contributed by atoms with Gasteiger partial charge in [0.2, 0.25) is 11.8 Å². The molecule has 3 heterocycles. The Balaban J connectivity index is 1.59. The van der Waals surface area contributed by atoms with Gasteiger partial charge in [0.15, 0.2) is 11.3 Å². The number of rotatable bonds is 7. The van der Waals surface area contributed by atoms with Crippen LogP contribution < -0.4 is 11.1 Å². The lowest BCUT2D eigenvalue weighted by Gasteiger charge is -2.28. The molecule has 2 aromatic heterocycles. The van der Waals surface area contributed by atoms with E-state index in [-0.39, 0.29) is 21.9 Å². The van der Waals surface area contributed by atoms with E-state index in [1.54, 1.807) is 12.1 Å². The number of hydrogen-bond donors (Lipinski definition) is 2. The Morgan fingerprint density at radius 3 is 2.75 bits per heavy atom. The highest BCUT2D eigenvalue weighted by Gasteiger charge is 2.49. The highest BCUT2D eigenvalue weighted by Crippen LogP contribution is 2.27. The van der Waals surface area contributed by atoms with Gasteiger partial charge in [0.25, 0.3) is 5.91 Å². The average molecular weight is 521 g/mol. The monoisotopic (exact) mass is 520 g/mol. The third-order valence-electron chi connectivity index (χ3n) is 6.07. The quantitative estimate of drug-likeness (QED) is 0.488. The standard InChI is InChI=1S/C23H23ClF2N6O4/c1-11(12-5-3-7-14(24)17(12)26)29-23(35)19-20(36-2)15(25)9-31(19)16(33)10-32-22-13(6-4-8-28-22)18(30-32)21(27)34/h3-8,11,15,19-20H,9-10H2,1-2H3,(H2,27,34)(H,29,35)/t11-,15+,19+,20-/m1/s1. The van der Waals surface area contributed by atoms with Gasteiger partial charge in [0, 0.05) is 18.9 Å². The number of carbonyl (C=O) groups excluding carboxylic acids is 3. The number of halogens is 3. The van der Waals surface area contributed by atoms with Crippen molar-refractivity contribution in [3.8, 4) is 0 Å². The van der Waals surface area contributed by atoms with E-state index in [1.807, 2.05) is 0 Å². The van der Waals surface area contributed by atoms with Gasteiger partial charge in [-0.1, -0.05) is 23.7 Å². The molecule has 0 unspecified atom stereocenters. The maximum absolute atomic E-state index is 14.8. The highest BCUT2D eigenvalue weighted by molar-refractivity contribution is 6.30. The summed E-state index contributed by atoms with van der Waals surface area (Å²) in [5.41, 5.74) is 5.67. The van der Waals surface area contributed by atoms with Gasteiger partial charge in [0.05, 0.1) is 23.0 Å². The number of hydrogen-bond acceptors (Lipinski definition) is 6. The van der Waals surface area contributed by atoms with Crippen LogP contribution in [0.25, 0.3) is 11.0 Å². The summed E-state index contributed by atoms with van der Waals surface area (Å²) in [5.74, 6) is -2.89. The molecule has 13 heteroatoms. The van der Waals surface area contributed by atoms with Gasteiger partial charge in [-0.15, -0.1) is 0 Å². The first kappa shape index (κ1) is 25.5. The predicted molar refractivity (Wildman–Crippen MR) is 125 cm³/mol. The van der Waals surface area contributed by atoms with Crippen LogP contribution in [-0.2, 0) is 20.9 Å². The Morgan fingerprint density at radius 2 is 2.06 bits per heavy atom. The number of benzene rings is 1. The van der Waals surface area contributed by atoms with Gasteiger partial charge in [-0.2, -0.15) is 5.10 Å². The zero-order chi connectivity index (χ0) is 26.1. The number of pyridine rings is 1. The van der Waals surface area contributed by atoms with Crippen molar-refractivity contribution in [2.75, 3.05) is 13.7 Å². The molecule has 4 rings (SSSR count).